The molecule has 1 aromatic heterocycles. The van der Waals surface area contributed by atoms with E-state index in [2.05, 4.69) is 174 Å². The summed E-state index contributed by atoms with van der Waals surface area (Å²) in [5, 5.41) is 7.59. The highest BCUT2D eigenvalue weighted by atomic mass is 15.0. The Morgan fingerprint density at radius 2 is 1.18 bits per heavy atom. The highest BCUT2D eigenvalue weighted by Crippen LogP contribution is 2.38. The Morgan fingerprint density at radius 1 is 0.510 bits per heavy atom. The Kier molecular flexibility index (Phi) is 7.06. The lowest BCUT2D eigenvalue weighted by atomic mass is 9.92. The van der Waals surface area contributed by atoms with Crippen LogP contribution in [0.4, 0.5) is 5.69 Å². The molecule has 1 heterocycles. The van der Waals surface area contributed by atoms with E-state index in [1.807, 2.05) is 12.1 Å². The Labute approximate surface area is 286 Å². The van der Waals surface area contributed by atoms with E-state index >= 15 is 0 Å². The second kappa shape index (κ2) is 12.0. The fourth-order valence-electron chi connectivity index (χ4n) is 7.38. The molecule has 0 aliphatic carbocycles. The molecule has 2 nitrogen and oxygen atoms in total. The van der Waals surface area contributed by atoms with E-state index in [1.54, 1.807) is 0 Å². The summed E-state index contributed by atoms with van der Waals surface area (Å²) in [5.74, 6) is 0. The van der Waals surface area contributed by atoms with Gasteiger partial charge in [-0.05, 0) is 98.3 Å². The molecule has 9 aromatic rings. The van der Waals surface area contributed by atoms with Crippen LogP contribution in [0.15, 0.2) is 182 Å². The Morgan fingerprint density at radius 3 is 2.02 bits per heavy atom. The summed E-state index contributed by atoms with van der Waals surface area (Å²) in [6.07, 6.45) is 3.11. The average Bonchev–Trinajstić information content (AvgIpc) is 3.50. The molecule has 0 spiro atoms. The minimum Gasteiger partial charge on any atom is -0.398 e. The van der Waals surface area contributed by atoms with Crippen molar-refractivity contribution in [3.05, 3.63) is 199 Å². The van der Waals surface area contributed by atoms with Gasteiger partial charge >= 0.3 is 0 Å². The molecule has 2 heteroatoms. The van der Waals surface area contributed by atoms with Crippen LogP contribution < -0.4 is 5.73 Å². The average molecular weight is 627 g/mol. The van der Waals surface area contributed by atoms with Crippen LogP contribution in [-0.4, -0.2) is 4.57 Å². The van der Waals surface area contributed by atoms with Crippen molar-refractivity contribution in [3.8, 4) is 16.8 Å². The minimum absolute atomic E-state index is 0.773. The van der Waals surface area contributed by atoms with Crippen LogP contribution >= 0.6 is 0 Å². The number of nitrogen functional groups attached to an aromatic ring is 1. The van der Waals surface area contributed by atoms with E-state index < -0.39 is 0 Å². The molecule has 232 valence electrons. The quantitative estimate of drug-likeness (QED) is 0.183. The number of para-hydroxylation sites is 2. The topological polar surface area (TPSA) is 30.9 Å². The van der Waals surface area contributed by atoms with Gasteiger partial charge in [0.1, 0.15) is 0 Å². The van der Waals surface area contributed by atoms with Crippen molar-refractivity contribution < 1.29 is 0 Å². The van der Waals surface area contributed by atoms with Crippen LogP contribution in [-0.2, 0) is 6.42 Å². The third kappa shape index (κ3) is 5.15. The predicted molar refractivity (Wildman–Crippen MR) is 209 cm³/mol. The van der Waals surface area contributed by atoms with Gasteiger partial charge in [-0.1, -0.05) is 140 Å². The molecule has 2 N–H and O–H groups in total. The Balaban J connectivity index is 1.15. The third-order valence-electron chi connectivity index (χ3n) is 9.81. The summed E-state index contributed by atoms with van der Waals surface area (Å²) >= 11 is 0. The van der Waals surface area contributed by atoms with Crippen LogP contribution in [0, 0.1) is 0 Å². The first-order valence-corrected chi connectivity index (χ1v) is 16.9. The Bertz CT molecular complexity index is 2680. The zero-order valence-corrected chi connectivity index (χ0v) is 27.1. The van der Waals surface area contributed by atoms with Gasteiger partial charge in [-0.3, -0.25) is 0 Å². The first-order chi connectivity index (χ1) is 24.2. The molecule has 0 aliphatic heterocycles. The maximum Gasteiger partial charge on any atom is 0.0547 e. The summed E-state index contributed by atoms with van der Waals surface area (Å²) in [5.41, 5.74) is 18.0. The van der Waals surface area contributed by atoms with Crippen LogP contribution in [0.2, 0.25) is 0 Å². The Hall–Kier alpha value is -6.38. The molecule has 0 saturated heterocycles. The first kappa shape index (κ1) is 28.8. The van der Waals surface area contributed by atoms with E-state index in [9.17, 15) is 0 Å². The van der Waals surface area contributed by atoms with Crippen LogP contribution in [0.5, 0.6) is 0 Å². The predicted octanol–water partition coefficient (Wildman–Crippen LogP) is 12.0. The summed E-state index contributed by atoms with van der Waals surface area (Å²) in [6, 6.07) is 63.1. The van der Waals surface area contributed by atoms with E-state index in [0.717, 1.165) is 28.8 Å². The molecule has 0 amide bonds. The second-order valence-electron chi connectivity index (χ2n) is 12.8. The lowest BCUT2D eigenvalue weighted by molar-refractivity contribution is 1.18. The third-order valence-corrected chi connectivity index (χ3v) is 9.81. The van der Waals surface area contributed by atoms with Crippen molar-refractivity contribution in [1.82, 2.24) is 4.57 Å². The number of allylic oxidation sites excluding steroid dienone is 1. The van der Waals surface area contributed by atoms with Gasteiger partial charge in [0.2, 0.25) is 0 Å². The molecule has 0 radical (unpaired) electrons. The minimum atomic E-state index is 0.773. The number of hydrogen-bond acceptors (Lipinski definition) is 1. The standard InChI is InChI=1S/C47H34N2/c48-44-17-9-8-16-42(44)40(36-23-20-34(21-24-36)38-25-22-33-10-4-5-12-37(33)31-38)27-18-32-19-28-45-43(30-32)47-41-15-7-6-11-35(41)26-29-46(47)49(45)39-13-2-1-3-14-39/h1-17,19-31H,18,48H2/b40-27-. The second-order valence-corrected chi connectivity index (χ2v) is 12.8. The van der Waals surface area contributed by atoms with Gasteiger partial charge in [-0.15, -0.1) is 0 Å². The van der Waals surface area contributed by atoms with Gasteiger partial charge in [0.15, 0.2) is 0 Å². The van der Waals surface area contributed by atoms with Crippen LogP contribution in [0.25, 0.3) is 65.7 Å². The lowest BCUT2D eigenvalue weighted by Crippen LogP contribution is -1.96. The number of benzene rings is 8. The zero-order chi connectivity index (χ0) is 32.7. The van der Waals surface area contributed by atoms with Crippen molar-refractivity contribution in [2.24, 2.45) is 0 Å². The smallest absolute Gasteiger partial charge is 0.0547 e. The van der Waals surface area contributed by atoms with Crippen molar-refractivity contribution in [3.63, 3.8) is 0 Å². The highest BCUT2D eigenvalue weighted by molar-refractivity contribution is 6.21. The summed E-state index contributed by atoms with van der Waals surface area (Å²) in [4.78, 5) is 0. The zero-order valence-electron chi connectivity index (χ0n) is 27.1. The normalized spacial score (nSPS) is 12.0. The molecule has 0 bridgehead atoms. The summed E-state index contributed by atoms with van der Waals surface area (Å²) in [6.45, 7) is 0. The van der Waals surface area contributed by atoms with E-state index in [0.29, 0.717) is 0 Å². The van der Waals surface area contributed by atoms with Gasteiger partial charge in [0.05, 0.1) is 11.0 Å². The van der Waals surface area contributed by atoms with Crippen molar-refractivity contribution in [2.75, 3.05) is 5.73 Å². The molecule has 0 saturated carbocycles. The maximum atomic E-state index is 6.61. The number of rotatable bonds is 6. The van der Waals surface area contributed by atoms with Crippen molar-refractivity contribution in [1.29, 1.82) is 0 Å². The maximum absolute atomic E-state index is 6.61. The van der Waals surface area contributed by atoms with Gasteiger partial charge in [-0.25, -0.2) is 0 Å². The molecule has 0 atom stereocenters. The molecular formula is C47H34N2. The molecule has 0 fully saturated rings. The molecule has 0 unspecified atom stereocenters. The van der Waals surface area contributed by atoms with Gasteiger partial charge in [0.25, 0.3) is 0 Å². The van der Waals surface area contributed by atoms with Crippen LogP contribution in [0.1, 0.15) is 16.7 Å². The number of nitrogens with two attached hydrogens (primary N) is 1. The fourth-order valence-corrected chi connectivity index (χ4v) is 7.38. The summed E-state index contributed by atoms with van der Waals surface area (Å²) in [7, 11) is 0. The molecule has 8 aromatic carbocycles. The molecule has 0 aliphatic rings. The van der Waals surface area contributed by atoms with Crippen molar-refractivity contribution in [2.45, 2.75) is 6.42 Å². The van der Waals surface area contributed by atoms with E-state index in [-0.39, 0.29) is 0 Å². The number of hydrogen-bond donors (Lipinski definition) is 1. The van der Waals surface area contributed by atoms with Crippen LogP contribution in [0.3, 0.4) is 0 Å². The van der Waals surface area contributed by atoms with Gasteiger partial charge in [0, 0.05) is 27.7 Å². The van der Waals surface area contributed by atoms with Gasteiger partial charge in [-0.2, -0.15) is 0 Å². The molecule has 49 heavy (non-hydrogen) atoms. The van der Waals surface area contributed by atoms with Crippen molar-refractivity contribution >= 4 is 54.6 Å². The summed E-state index contributed by atoms with van der Waals surface area (Å²) < 4.78 is 2.39. The highest BCUT2D eigenvalue weighted by Gasteiger charge is 2.16. The van der Waals surface area contributed by atoms with Gasteiger partial charge < -0.3 is 10.3 Å². The molecular weight excluding hydrogens is 593 g/mol. The monoisotopic (exact) mass is 626 g/mol. The first-order valence-electron chi connectivity index (χ1n) is 16.9. The molecule has 9 rings (SSSR count). The van der Waals surface area contributed by atoms with E-state index in [4.69, 9.17) is 5.73 Å². The lowest BCUT2D eigenvalue weighted by Gasteiger charge is -2.13. The number of fused-ring (bicyclic) bond motifs is 6. The largest absolute Gasteiger partial charge is 0.398 e. The number of aromatic nitrogens is 1. The number of nitrogens with zero attached hydrogens (tertiary/aromatic N) is 1. The fraction of sp³-hybridized carbons (Fsp3) is 0.0213. The number of anilines is 1. The SMILES string of the molecule is Nc1ccccc1/C(=C\Cc1ccc2c(c1)c1c3ccccc3ccc1n2-c1ccccc1)c1ccc(-c2ccc3ccccc3c2)cc1. The van der Waals surface area contributed by atoms with E-state index in [1.165, 1.54) is 65.7 Å².